The molecule has 1 fully saturated rings. The molecule has 0 bridgehead atoms. The normalized spacial score (nSPS) is 13.9. The number of hydrogen-bond acceptors (Lipinski definition) is 4. The first kappa shape index (κ1) is 19.2. The first-order valence-electron chi connectivity index (χ1n) is 9.38. The van der Waals surface area contributed by atoms with Crippen molar-refractivity contribution in [3.05, 3.63) is 53.1 Å². The van der Waals surface area contributed by atoms with Gasteiger partial charge in [-0.05, 0) is 66.6 Å². The number of allylic oxidation sites excluding steroid dienone is 1. The van der Waals surface area contributed by atoms with Gasteiger partial charge in [0.15, 0.2) is 11.5 Å². The molecular weight excluding hydrogens is 340 g/mol. The molecule has 0 N–H and O–H groups in total. The van der Waals surface area contributed by atoms with Crippen molar-refractivity contribution in [1.82, 2.24) is 0 Å². The maximum Gasteiger partial charge on any atom is 0.203 e. The summed E-state index contributed by atoms with van der Waals surface area (Å²) in [4.78, 5) is 0. The third-order valence-corrected chi connectivity index (χ3v) is 5.12. The molecule has 27 heavy (non-hydrogen) atoms. The van der Waals surface area contributed by atoms with Crippen LogP contribution in [0.4, 0.5) is 0 Å². The Morgan fingerprint density at radius 1 is 0.704 bits per heavy atom. The fourth-order valence-corrected chi connectivity index (χ4v) is 3.81. The predicted molar refractivity (Wildman–Crippen MR) is 108 cm³/mol. The van der Waals surface area contributed by atoms with Gasteiger partial charge in [-0.15, -0.1) is 0 Å². The van der Waals surface area contributed by atoms with Gasteiger partial charge in [0.05, 0.1) is 28.4 Å². The Balaban J connectivity index is 2.22. The SMILES string of the molecule is COc1cccc(C(=C2CCCCC2)c2cc(OC)c(OC)c(OC)c2)c1. The largest absolute Gasteiger partial charge is 0.497 e. The maximum absolute atomic E-state index is 5.59. The van der Waals surface area contributed by atoms with Crippen molar-refractivity contribution in [2.75, 3.05) is 28.4 Å². The average molecular weight is 368 g/mol. The number of hydrogen-bond donors (Lipinski definition) is 0. The molecule has 1 saturated carbocycles. The lowest BCUT2D eigenvalue weighted by Crippen LogP contribution is -2.02. The Labute approximate surface area is 161 Å². The van der Waals surface area contributed by atoms with E-state index in [1.165, 1.54) is 30.4 Å². The second kappa shape index (κ2) is 8.85. The van der Waals surface area contributed by atoms with E-state index >= 15 is 0 Å². The summed E-state index contributed by atoms with van der Waals surface area (Å²) < 4.78 is 22.1. The molecule has 0 aromatic heterocycles. The Morgan fingerprint density at radius 3 is 1.93 bits per heavy atom. The highest BCUT2D eigenvalue weighted by Gasteiger charge is 2.20. The van der Waals surface area contributed by atoms with Gasteiger partial charge in [0.25, 0.3) is 0 Å². The van der Waals surface area contributed by atoms with Gasteiger partial charge in [-0.2, -0.15) is 0 Å². The van der Waals surface area contributed by atoms with Gasteiger partial charge in [-0.1, -0.05) is 24.1 Å². The molecular formula is C23H28O4. The van der Waals surface area contributed by atoms with E-state index < -0.39 is 0 Å². The van der Waals surface area contributed by atoms with Crippen molar-refractivity contribution < 1.29 is 18.9 Å². The summed E-state index contributed by atoms with van der Waals surface area (Å²) in [6.07, 6.45) is 5.98. The topological polar surface area (TPSA) is 36.9 Å². The van der Waals surface area contributed by atoms with Gasteiger partial charge >= 0.3 is 0 Å². The lowest BCUT2D eigenvalue weighted by molar-refractivity contribution is 0.324. The third-order valence-electron chi connectivity index (χ3n) is 5.12. The minimum Gasteiger partial charge on any atom is -0.497 e. The molecule has 1 aliphatic carbocycles. The fraction of sp³-hybridized carbons (Fsp3) is 0.391. The summed E-state index contributed by atoms with van der Waals surface area (Å²) in [5, 5.41) is 0. The minimum atomic E-state index is 0.613. The maximum atomic E-state index is 5.59. The summed E-state index contributed by atoms with van der Waals surface area (Å²) in [6, 6.07) is 12.3. The van der Waals surface area contributed by atoms with Gasteiger partial charge < -0.3 is 18.9 Å². The van der Waals surface area contributed by atoms with Gasteiger partial charge in [-0.25, -0.2) is 0 Å². The molecule has 0 amide bonds. The zero-order valence-electron chi connectivity index (χ0n) is 16.6. The van der Waals surface area contributed by atoms with Crippen LogP contribution in [0.2, 0.25) is 0 Å². The Kier molecular flexibility index (Phi) is 6.28. The van der Waals surface area contributed by atoms with Crippen LogP contribution >= 0.6 is 0 Å². The highest BCUT2D eigenvalue weighted by atomic mass is 16.5. The molecule has 2 aromatic rings. The highest BCUT2D eigenvalue weighted by molar-refractivity contribution is 5.84. The van der Waals surface area contributed by atoms with Crippen molar-refractivity contribution in [2.45, 2.75) is 32.1 Å². The van der Waals surface area contributed by atoms with E-state index in [2.05, 4.69) is 12.1 Å². The lowest BCUT2D eigenvalue weighted by Gasteiger charge is -2.22. The minimum absolute atomic E-state index is 0.613. The molecule has 0 saturated heterocycles. The molecule has 1 aliphatic rings. The van der Waals surface area contributed by atoms with Gasteiger partial charge in [0.2, 0.25) is 5.75 Å². The molecule has 2 aromatic carbocycles. The highest BCUT2D eigenvalue weighted by Crippen LogP contribution is 2.43. The number of ether oxygens (including phenoxy) is 4. The van der Waals surface area contributed by atoms with E-state index in [1.54, 1.807) is 28.4 Å². The Hall–Kier alpha value is -2.62. The zero-order chi connectivity index (χ0) is 19.2. The molecule has 0 atom stereocenters. The van der Waals surface area contributed by atoms with Crippen LogP contribution in [0.1, 0.15) is 43.2 Å². The second-order valence-electron chi connectivity index (χ2n) is 6.69. The predicted octanol–water partition coefficient (Wildman–Crippen LogP) is 5.49. The smallest absolute Gasteiger partial charge is 0.203 e. The molecule has 4 nitrogen and oxygen atoms in total. The van der Waals surface area contributed by atoms with Gasteiger partial charge in [0, 0.05) is 0 Å². The quantitative estimate of drug-likeness (QED) is 0.676. The van der Waals surface area contributed by atoms with Crippen LogP contribution in [0.5, 0.6) is 23.0 Å². The van der Waals surface area contributed by atoms with Crippen LogP contribution in [0.15, 0.2) is 42.0 Å². The first-order chi connectivity index (χ1) is 13.2. The number of methoxy groups -OCH3 is 4. The fourth-order valence-electron chi connectivity index (χ4n) is 3.81. The van der Waals surface area contributed by atoms with E-state index in [1.807, 2.05) is 24.3 Å². The first-order valence-corrected chi connectivity index (χ1v) is 9.38. The van der Waals surface area contributed by atoms with Crippen LogP contribution in [0.25, 0.3) is 5.57 Å². The molecule has 0 spiro atoms. The van der Waals surface area contributed by atoms with Crippen LogP contribution < -0.4 is 18.9 Å². The molecule has 144 valence electrons. The van der Waals surface area contributed by atoms with Gasteiger partial charge in [-0.3, -0.25) is 0 Å². The van der Waals surface area contributed by atoms with Crippen molar-refractivity contribution in [1.29, 1.82) is 0 Å². The summed E-state index contributed by atoms with van der Waals surface area (Å²) in [5.41, 5.74) is 4.95. The van der Waals surface area contributed by atoms with E-state index in [9.17, 15) is 0 Å². The summed E-state index contributed by atoms with van der Waals surface area (Å²) >= 11 is 0. The van der Waals surface area contributed by atoms with Crippen molar-refractivity contribution >= 4 is 5.57 Å². The Bertz CT molecular complexity index is 790. The summed E-state index contributed by atoms with van der Waals surface area (Å²) in [5.74, 6) is 2.81. The van der Waals surface area contributed by atoms with Crippen LogP contribution in [0, 0.1) is 0 Å². The monoisotopic (exact) mass is 368 g/mol. The second-order valence-corrected chi connectivity index (χ2v) is 6.69. The van der Waals surface area contributed by atoms with Crippen molar-refractivity contribution in [3.8, 4) is 23.0 Å². The Morgan fingerprint density at radius 2 is 1.37 bits per heavy atom. The van der Waals surface area contributed by atoms with Gasteiger partial charge in [0.1, 0.15) is 5.75 Å². The molecule has 3 rings (SSSR count). The zero-order valence-corrected chi connectivity index (χ0v) is 16.6. The molecule has 0 aliphatic heterocycles. The van der Waals surface area contributed by atoms with Crippen molar-refractivity contribution in [3.63, 3.8) is 0 Å². The van der Waals surface area contributed by atoms with Crippen molar-refractivity contribution in [2.24, 2.45) is 0 Å². The lowest BCUT2D eigenvalue weighted by atomic mass is 9.85. The number of benzene rings is 2. The van der Waals surface area contributed by atoms with Crippen LogP contribution in [-0.4, -0.2) is 28.4 Å². The molecule has 0 radical (unpaired) electrons. The number of rotatable bonds is 6. The van der Waals surface area contributed by atoms with Crippen LogP contribution in [0.3, 0.4) is 0 Å². The van der Waals surface area contributed by atoms with E-state index in [0.29, 0.717) is 17.2 Å². The van der Waals surface area contributed by atoms with Crippen LogP contribution in [-0.2, 0) is 0 Å². The summed E-state index contributed by atoms with van der Waals surface area (Å²) in [7, 11) is 6.63. The third kappa shape index (κ3) is 4.05. The summed E-state index contributed by atoms with van der Waals surface area (Å²) in [6.45, 7) is 0. The molecule has 0 heterocycles. The van der Waals surface area contributed by atoms with E-state index in [-0.39, 0.29) is 0 Å². The molecule has 0 unspecified atom stereocenters. The average Bonchev–Trinajstić information content (AvgIpc) is 2.74. The molecule has 4 heteroatoms. The van der Waals surface area contributed by atoms with E-state index in [4.69, 9.17) is 18.9 Å². The van der Waals surface area contributed by atoms with E-state index in [0.717, 1.165) is 29.7 Å². The standard InChI is InChI=1S/C23H28O4/c1-24-19-12-8-11-17(13-19)22(16-9-6-5-7-10-16)18-14-20(25-2)23(27-4)21(15-18)26-3/h8,11-15H,5-7,9-10H2,1-4H3.